The van der Waals surface area contributed by atoms with Crippen LogP contribution >= 0.6 is 0 Å². The molecule has 3 rings (SSSR count). The van der Waals surface area contributed by atoms with Gasteiger partial charge in [0.05, 0.1) is 6.61 Å². The van der Waals surface area contributed by atoms with Crippen LogP contribution in [0.4, 0.5) is 0 Å². The monoisotopic (exact) mass is 407 g/mol. The van der Waals surface area contributed by atoms with E-state index in [0.29, 0.717) is 42.8 Å². The lowest BCUT2D eigenvalue weighted by Crippen LogP contribution is -2.44. The van der Waals surface area contributed by atoms with Crippen LogP contribution in [0.25, 0.3) is 11.5 Å². The van der Waals surface area contributed by atoms with Gasteiger partial charge in [0, 0.05) is 18.7 Å². The third-order valence-corrected chi connectivity index (χ3v) is 5.94. The van der Waals surface area contributed by atoms with Gasteiger partial charge in [0.25, 0.3) is 0 Å². The van der Waals surface area contributed by atoms with E-state index in [1.807, 2.05) is 6.92 Å². The lowest BCUT2D eigenvalue weighted by Gasteiger charge is -2.34. The van der Waals surface area contributed by atoms with Crippen LogP contribution in [0.5, 0.6) is 5.75 Å². The van der Waals surface area contributed by atoms with E-state index in [2.05, 4.69) is 24.0 Å². The molecule has 0 aliphatic carbocycles. The highest BCUT2D eigenvalue weighted by molar-refractivity contribution is 7.91. The number of carbonyl (C=O) groups is 1. The zero-order valence-electron chi connectivity index (χ0n) is 16.3. The first-order valence-corrected chi connectivity index (χ1v) is 11.0. The van der Waals surface area contributed by atoms with Crippen LogP contribution in [0, 0.1) is 11.8 Å². The molecule has 1 amide bonds. The van der Waals surface area contributed by atoms with Crippen LogP contribution in [-0.2, 0) is 14.6 Å². The molecule has 2 unspecified atom stereocenters. The minimum Gasteiger partial charge on any atom is -0.494 e. The second kappa shape index (κ2) is 8.30. The van der Waals surface area contributed by atoms with Gasteiger partial charge >= 0.3 is 5.22 Å². The van der Waals surface area contributed by atoms with Gasteiger partial charge < -0.3 is 14.1 Å². The standard InChI is InChI=1S/C19H25N3O5S/c1-4-26-16-7-5-15(6-8-16)18-20-21-19(27-18)28(24,25)12-17(23)22-10-13(2)9-14(3)11-22/h5-8,13-14H,4,9-12H2,1-3H3. The zero-order chi connectivity index (χ0) is 20.3. The molecule has 0 N–H and O–H groups in total. The zero-order valence-corrected chi connectivity index (χ0v) is 17.1. The fourth-order valence-electron chi connectivity index (χ4n) is 3.49. The van der Waals surface area contributed by atoms with E-state index in [1.165, 1.54) is 0 Å². The summed E-state index contributed by atoms with van der Waals surface area (Å²) in [6.07, 6.45) is 1.03. The lowest BCUT2D eigenvalue weighted by atomic mass is 9.92. The fraction of sp³-hybridized carbons (Fsp3) is 0.526. The van der Waals surface area contributed by atoms with Gasteiger partial charge in [-0.15, -0.1) is 5.10 Å². The van der Waals surface area contributed by atoms with Crippen LogP contribution in [-0.4, -0.2) is 54.9 Å². The van der Waals surface area contributed by atoms with Gasteiger partial charge in [-0.05, 0) is 49.4 Å². The Balaban J connectivity index is 1.71. The third-order valence-electron chi connectivity index (χ3n) is 4.62. The minimum atomic E-state index is -4.00. The van der Waals surface area contributed by atoms with E-state index >= 15 is 0 Å². The SMILES string of the molecule is CCOc1ccc(-c2nnc(S(=O)(=O)CC(=O)N3CC(C)CC(C)C3)o2)cc1. The van der Waals surface area contributed by atoms with Gasteiger partial charge in [0.2, 0.25) is 21.6 Å². The molecule has 2 atom stereocenters. The summed E-state index contributed by atoms with van der Waals surface area (Å²) in [7, 11) is -4.00. The molecule has 1 aromatic heterocycles. The highest BCUT2D eigenvalue weighted by atomic mass is 32.2. The largest absolute Gasteiger partial charge is 0.494 e. The van der Waals surface area contributed by atoms with Crippen molar-refractivity contribution in [3.8, 4) is 17.2 Å². The number of likely N-dealkylation sites (tertiary alicyclic amines) is 1. The molecule has 28 heavy (non-hydrogen) atoms. The number of benzene rings is 1. The molecule has 1 aromatic carbocycles. The molecular formula is C19H25N3O5S. The van der Waals surface area contributed by atoms with Gasteiger partial charge in [0.1, 0.15) is 11.5 Å². The molecule has 0 saturated carbocycles. The maximum Gasteiger partial charge on any atom is 0.336 e. The Morgan fingerprint density at radius 1 is 1.18 bits per heavy atom. The van der Waals surface area contributed by atoms with E-state index in [0.717, 1.165) is 6.42 Å². The molecule has 9 heteroatoms. The molecule has 1 saturated heterocycles. The quantitative estimate of drug-likeness (QED) is 0.724. The first-order chi connectivity index (χ1) is 13.3. The Kier molecular flexibility index (Phi) is 6.02. The number of rotatable bonds is 6. The lowest BCUT2D eigenvalue weighted by molar-refractivity contribution is -0.131. The van der Waals surface area contributed by atoms with Gasteiger partial charge in [-0.2, -0.15) is 0 Å². The van der Waals surface area contributed by atoms with Crippen molar-refractivity contribution in [1.82, 2.24) is 15.1 Å². The number of nitrogens with zero attached hydrogens (tertiary/aromatic N) is 3. The number of hydrogen-bond donors (Lipinski definition) is 0. The molecule has 1 aliphatic heterocycles. The van der Waals surface area contributed by atoms with E-state index in [4.69, 9.17) is 9.15 Å². The van der Waals surface area contributed by atoms with Crippen LogP contribution in [0.3, 0.4) is 0 Å². The van der Waals surface area contributed by atoms with Crippen molar-refractivity contribution < 1.29 is 22.4 Å². The number of carbonyl (C=O) groups excluding carboxylic acids is 1. The predicted molar refractivity (Wildman–Crippen MR) is 102 cm³/mol. The number of hydrogen-bond acceptors (Lipinski definition) is 7. The Morgan fingerprint density at radius 2 is 1.82 bits per heavy atom. The molecule has 0 spiro atoms. The Morgan fingerprint density at radius 3 is 2.43 bits per heavy atom. The average molecular weight is 407 g/mol. The molecule has 1 fully saturated rings. The normalized spacial score (nSPS) is 20.2. The fourth-order valence-corrected chi connectivity index (χ4v) is 4.50. The van der Waals surface area contributed by atoms with E-state index in [1.54, 1.807) is 29.2 Å². The van der Waals surface area contributed by atoms with Crippen molar-refractivity contribution in [3.05, 3.63) is 24.3 Å². The van der Waals surface area contributed by atoms with Crippen LogP contribution in [0.1, 0.15) is 27.2 Å². The van der Waals surface area contributed by atoms with Crippen molar-refractivity contribution in [2.75, 3.05) is 25.4 Å². The van der Waals surface area contributed by atoms with Crippen molar-refractivity contribution >= 4 is 15.7 Å². The molecule has 8 nitrogen and oxygen atoms in total. The summed E-state index contributed by atoms with van der Waals surface area (Å²) in [5.74, 6) is 0.370. The summed E-state index contributed by atoms with van der Waals surface area (Å²) in [6.45, 7) is 7.69. The van der Waals surface area contributed by atoms with E-state index in [9.17, 15) is 13.2 Å². The number of ether oxygens (including phenoxy) is 1. The second-order valence-corrected chi connectivity index (χ2v) is 9.20. The van der Waals surface area contributed by atoms with E-state index < -0.39 is 26.7 Å². The summed E-state index contributed by atoms with van der Waals surface area (Å²) >= 11 is 0. The van der Waals surface area contributed by atoms with Crippen LogP contribution < -0.4 is 4.74 Å². The van der Waals surface area contributed by atoms with Crippen LogP contribution in [0.2, 0.25) is 0 Å². The molecule has 2 heterocycles. The van der Waals surface area contributed by atoms with Gasteiger partial charge in [-0.1, -0.05) is 18.9 Å². The highest BCUT2D eigenvalue weighted by Crippen LogP contribution is 2.24. The highest BCUT2D eigenvalue weighted by Gasteiger charge is 2.32. The number of amides is 1. The first kappa shape index (κ1) is 20.3. The number of sulfone groups is 1. The number of aromatic nitrogens is 2. The van der Waals surface area contributed by atoms with Crippen molar-refractivity contribution in [2.24, 2.45) is 11.8 Å². The van der Waals surface area contributed by atoms with Gasteiger partial charge in [0.15, 0.2) is 0 Å². The maximum absolute atomic E-state index is 12.6. The molecule has 0 radical (unpaired) electrons. The summed E-state index contributed by atoms with van der Waals surface area (Å²) in [5, 5.41) is 6.92. The molecular weight excluding hydrogens is 382 g/mol. The first-order valence-electron chi connectivity index (χ1n) is 9.35. The summed E-state index contributed by atoms with van der Waals surface area (Å²) in [5.41, 5.74) is 0.572. The van der Waals surface area contributed by atoms with Crippen molar-refractivity contribution in [1.29, 1.82) is 0 Å². The Labute approximate surface area is 164 Å². The minimum absolute atomic E-state index is 0.0780. The van der Waals surface area contributed by atoms with Gasteiger partial charge in [-0.25, -0.2) is 8.42 Å². The van der Waals surface area contributed by atoms with Crippen molar-refractivity contribution in [3.63, 3.8) is 0 Å². The number of piperidine rings is 1. The van der Waals surface area contributed by atoms with Gasteiger partial charge in [-0.3, -0.25) is 4.79 Å². The Bertz CT molecular complexity index is 913. The summed E-state index contributed by atoms with van der Waals surface area (Å²) in [4.78, 5) is 14.1. The summed E-state index contributed by atoms with van der Waals surface area (Å²) < 4.78 is 35.8. The molecule has 0 bridgehead atoms. The maximum atomic E-state index is 12.6. The topological polar surface area (TPSA) is 103 Å². The van der Waals surface area contributed by atoms with E-state index in [-0.39, 0.29) is 5.89 Å². The van der Waals surface area contributed by atoms with Crippen molar-refractivity contribution in [2.45, 2.75) is 32.4 Å². The molecule has 152 valence electrons. The molecule has 1 aliphatic rings. The second-order valence-electron chi connectivity index (χ2n) is 7.33. The summed E-state index contributed by atoms with van der Waals surface area (Å²) in [6, 6.07) is 6.88. The average Bonchev–Trinajstić information content (AvgIpc) is 3.12. The smallest absolute Gasteiger partial charge is 0.336 e. The molecule has 2 aromatic rings. The third kappa shape index (κ3) is 4.70. The van der Waals surface area contributed by atoms with Crippen LogP contribution in [0.15, 0.2) is 33.9 Å². The Hall–Kier alpha value is -2.42. The predicted octanol–water partition coefficient (Wildman–Crippen LogP) is 2.41.